The minimum Gasteiger partial charge on any atom is -0.491 e. The van der Waals surface area contributed by atoms with E-state index in [4.69, 9.17) is 21.1 Å². The Balaban J connectivity index is 0.000000163. The quantitative estimate of drug-likeness (QED) is 0.0749. The van der Waals surface area contributed by atoms with Crippen LogP contribution < -0.4 is 20.1 Å². The number of nitrogens with zero attached hydrogens (tertiary/aromatic N) is 9. The van der Waals surface area contributed by atoms with Crippen molar-refractivity contribution < 1.29 is 23.5 Å². The summed E-state index contributed by atoms with van der Waals surface area (Å²) in [5.74, 6) is 4.06. The van der Waals surface area contributed by atoms with Gasteiger partial charge in [0.25, 0.3) is 0 Å². The van der Waals surface area contributed by atoms with Gasteiger partial charge in [-0.05, 0) is 109 Å². The van der Waals surface area contributed by atoms with Crippen molar-refractivity contribution in [2.45, 2.75) is 70.6 Å². The minimum atomic E-state index is -0.680. The summed E-state index contributed by atoms with van der Waals surface area (Å²) in [5, 5.41) is 9.16. The summed E-state index contributed by atoms with van der Waals surface area (Å²) in [6, 6.07) is 8.26. The summed E-state index contributed by atoms with van der Waals surface area (Å²) in [6.07, 6.45) is 12.8. The van der Waals surface area contributed by atoms with E-state index in [1.165, 1.54) is 20.9 Å². The summed E-state index contributed by atoms with van der Waals surface area (Å²) in [7, 11) is 7.29. The summed E-state index contributed by atoms with van der Waals surface area (Å²) < 4.78 is 25.4. The zero-order valence-corrected chi connectivity index (χ0v) is 42.3. The highest BCUT2D eigenvalue weighted by Crippen LogP contribution is 2.44. The van der Waals surface area contributed by atoms with Crippen LogP contribution in [-0.2, 0) is 48.4 Å². The molecule has 5 aliphatic rings. The normalized spacial score (nSPS) is 17.8. The lowest BCUT2D eigenvalue weighted by atomic mass is 9.87. The van der Waals surface area contributed by atoms with Gasteiger partial charge in [0.1, 0.15) is 51.6 Å². The number of aliphatic imine (C=N–C) groups is 2. The molecule has 7 heterocycles. The van der Waals surface area contributed by atoms with Crippen LogP contribution >= 0.6 is 34.3 Å². The molecule has 2 N–H and O–H groups in total. The summed E-state index contributed by atoms with van der Waals surface area (Å²) >= 11 is 9.18. The first-order valence-corrected chi connectivity index (χ1v) is 26.2. The number of carbonyl (C=O) groups excluding carboxylic acids is 2. The predicted molar refractivity (Wildman–Crippen MR) is 278 cm³/mol. The zero-order valence-electron chi connectivity index (χ0n) is 39.9. The molecule has 11 rings (SSSR count). The molecule has 70 heavy (non-hydrogen) atoms. The molecule has 1 fully saturated rings. The molecule has 1 saturated heterocycles. The molecule has 2 aliphatic carbocycles. The molecular formula is C51H57ClFN11O4S2. The van der Waals surface area contributed by atoms with Crippen LogP contribution in [0.25, 0.3) is 20.4 Å². The summed E-state index contributed by atoms with van der Waals surface area (Å²) in [5.41, 5.74) is 8.66. The fourth-order valence-corrected chi connectivity index (χ4v) is 12.6. The molecule has 0 saturated carbocycles. The Bertz CT molecular complexity index is 3010. The molecule has 0 radical (unpaired) electrons. The number of ether oxygens (including phenoxy) is 2. The molecular weight excluding hydrogens is 949 g/mol. The third kappa shape index (κ3) is 10.0. The molecule has 3 aliphatic heterocycles. The number of hydrogen-bond acceptors (Lipinski definition) is 15. The van der Waals surface area contributed by atoms with Crippen LogP contribution in [0, 0.1) is 11.8 Å². The molecule has 0 spiro atoms. The highest BCUT2D eigenvalue weighted by molar-refractivity contribution is 7.19. The number of aromatic nitrogens is 4. The second-order valence-corrected chi connectivity index (χ2v) is 21.4. The fraction of sp³-hybridized carbons (Fsp3) is 0.451. The number of anilines is 4. The average Bonchev–Trinajstić information content (AvgIpc) is 4.16. The molecule has 0 bridgehead atoms. The van der Waals surface area contributed by atoms with Gasteiger partial charge < -0.3 is 29.9 Å². The molecule has 0 unspecified atom stereocenters. The van der Waals surface area contributed by atoms with E-state index < -0.39 is 6.17 Å². The topological polar surface area (TPSA) is 163 Å². The number of likely N-dealkylation sites (tertiary alicyclic amines) is 1. The lowest BCUT2D eigenvalue weighted by Crippen LogP contribution is -2.48. The Labute approximate surface area is 419 Å². The minimum absolute atomic E-state index is 0.0167. The number of thiophene rings is 2. The Morgan fingerprint density at radius 1 is 0.729 bits per heavy atom. The fourth-order valence-electron chi connectivity index (χ4n) is 9.92. The van der Waals surface area contributed by atoms with Crippen molar-refractivity contribution in [1.82, 2.24) is 34.6 Å². The van der Waals surface area contributed by atoms with E-state index in [2.05, 4.69) is 69.7 Å². The van der Waals surface area contributed by atoms with E-state index in [0.29, 0.717) is 45.3 Å². The number of nitrogens with one attached hydrogen (secondary N) is 2. The van der Waals surface area contributed by atoms with E-state index >= 15 is 0 Å². The molecule has 15 nitrogen and oxygen atoms in total. The van der Waals surface area contributed by atoms with Crippen LogP contribution in [0.15, 0.2) is 46.9 Å². The number of halogens is 2. The SMILES string of the molecule is CN(C)C(=O)[C@H]1CCc2c(sc3ncnc(Nc4cc5c(cc4OCCCCl)CN=C5)c23)C1.CN(C)C(=O)[C@H]1CCc2c(sc3ncnc(Nc4cc5c(cc4OCCCN4CC(F)C4)CN=C5)c23)C1. The van der Waals surface area contributed by atoms with E-state index in [1.54, 1.807) is 45.1 Å². The number of hydrogen-bond donors (Lipinski definition) is 2. The molecule has 2 amide bonds. The Morgan fingerprint density at radius 2 is 1.21 bits per heavy atom. The lowest BCUT2D eigenvalue weighted by molar-refractivity contribution is -0.134. The summed E-state index contributed by atoms with van der Waals surface area (Å²) in [4.78, 5) is 62.1. The first-order chi connectivity index (χ1) is 34.0. The van der Waals surface area contributed by atoms with E-state index in [0.717, 1.165) is 135 Å². The third-order valence-corrected chi connectivity index (χ3v) is 16.2. The van der Waals surface area contributed by atoms with E-state index in [-0.39, 0.29) is 23.7 Å². The van der Waals surface area contributed by atoms with Gasteiger partial charge in [-0.25, -0.2) is 24.3 Å². The van der Waals surface area contributed by atoms with Crippen molar-refractivity contribution in [3.05, 3.63) is 80.1 Å². The number of benzene rings is 2. The number of alkyl halides is 2. The monoisotopic (exact) mass is 1010 g/mol. The molecule has 4 aromatic heterocycles. The van der Waals surface area contributed by atoms with E-state index in [1.807, 2.05) is 40.6 Å². The number of amides is 2. The van der Waals surface area contributed by atoms with Gasteiger partial charge >= 0.3 is 0 Å². The van der Waals surface area contributed by atoms with E-state index in [9.17, 15) is 14.0 Å². The van der Waals surface area contributed by atoms with Crippen LogP contribution in [0.1, 0.15) is 68.8 Å². The van der Waals surface area contributed by atoms with Crippen LogP contribution in [-0.4, -0.2) is 132 Å². The van der Waals surface area contributed by atoms with Crippen molar-refractivity contribution in [1.29, 1.82) is 0 Å². The maximum atomic E-state index is 13.1. The Kier molecular flexibility index (Phi) is 14.3. The van der Waals surface area contributed by atoms with Crippen LogP contribution in [0.4, 0.5) is 27.4 Å². The van der Waals surface area contributed by atoms with Crippen molar-refractivity contribution in [2.24, 2.45) is 21.8 Å². The van der Waals surface area contributed by atoms with Gasteiger partial charge in [0.05, 0.1) is 48.5 Å². The molecule has 366 valence electrons. The lowest BCUT2D eigenvalue weighted by Gasteiger charge is -2.34. The van der Waals surface area contributed by atoms with Gasteiger partial charge in [-0.15, -0.1) is 34.3 Å². The first-order valence-electron chi connectivity index (χ1n) is 24.0. The number of rotatable bonds is 15. The zero-order chi connectivity index (χ0) is 48.5. The standard InChI is InChI=1S/C27H31FN6O2S.C24H26ClN5O2S/c1-33(2)27(35)16-4-5-20-23(10-16)37-26-24(20)25(30-15-31-26)32-21-8-17-11-29-12-18(17)9-22(21)36-7-3-6-34-13-19(28)14-34;1-30(2)24(31)14-4-5-17-20(10-14)33-23-21(17)22(27-13-28-23)29-18-8-15-11-26-12-16(15)9-19(18)32-7-3-6-25/h8-9,11,15-16,19H,3-7,10,12-14H2,1-2H3,(H,30,31,32);8-9,11,13-14H,3-7,10,12H2,1-2H3,(H,27,28,29)/t16-;14-/m00/s1. The van der Waals surface area contributed by atoms with Gasteiger partial charge in [-0.2, -0.15) is 0 Å². The summed E-state index contributed by atoms with van der Waals surface area (Å²) in [6.45, 7) is 4.32. The average molecular weight is 1010 g/mol. The molecule has 2 atom stereocenters. The number of fused-ring (bicyclic) bond motifs is 8. The molecule has 19 heteroatoms. The van der Waals surface area contributed by atoms with Crippen molar-refractivity contribution in [3.8, 4) is 11.5 Å². The predicted octanol–water partition coefficient (Wildman–Crippen LogP) is 8.55. The second kappa shape index (κ2) is 20.9. The molecule has 2 aromatic carbocycles. The van der Waals surface area contributed by atoms with Gasteiger partial charge in [0.2, 0.25) is 11.8 Å². The second-order valence-electron chi connectivity index (χ2n) is 18.9. The number of aryl methyl sites for hydroxylation is 2. The van der Waals surface area contributed by atoms with Gasteiger partial charge in [-0.1, -0.05) is 0 Å². The maximum absolute atomic E-state index is 13.1. The van der Waals surface area contributed by atoms with Crippen LogP contribution in [0.2, 0.25) is 0 Å². The van der Waals surface area contributed by atoms with Gasteiger partial charge in [0, 0.05) is 87.7 Å². The van der Waals surface area contributed by atoms with Crippen LogP contribution in [0.5, 0.6) is 11.5 Å². The largest absolute Gasteiger partial charge is 0.491 e. The maximum Gasteiger partial charge on any atom is 0.225 e. The highest BCUT2D eigenvalue weighted by atomic mass is 35.5. The van der Waals surface area contributed by atoms with Crippen molar-refractivity contribution in [2.75, 3.05) is 77.6 Å². The Morgan fingerprint density at radius 3 is 1.67 bits per heavy atom. The van der Waals surface area contributed by atoms with Crippen LogP contribution in [0.3, 0.4) is 0 Å². The highest BCUT2D eigenvalue weighted by Gasteiger charge is 2.32. The third-order valence-electron chi connectivity index (χ3n) is 13.6. The van der Waals surface area contributed by atoms with Gasteiger partial charge in [-0.3, -0.25) is 24.5 Å². The van der Waals surface area contributed by atoms with Crippen molar-refractivity contribution in [3.63, 3.8) is 0 Å². The van der Waals surface area contributed by atoms with Crippen molar-refractivity contribution >= 4 is 102 Å². The number of carbonyl (C=O) groups is 2. The Hall–Kier alpha value is -5.82. The first kappa shape index (κ1) is 47.8. The molecule has 6 aromatic rings. The van der Waals surface area contributed by atoms with Gasteiger partial charge in [0.15, 0.2) is 0 Å². The smallest absolute Gasteiger partial charge is 0.225 e.